The molecular formula is C22H26N2O5. The molecule has 7 heteroatoms. The van der Waals surface area contributed by atoms with Gasteiger partial charge in [-0.1, -0.05) is 18.6 Å². The van der Waals surface area contributed by atoms with Crippen LogP contribution < -0.4 is 15.0 Å². The third kappa shape index (κ3) is 4.68. The molecule has 154 valence electrons. The summed E-state index contributed by atoms with van der Waals surface area (Å²) in [7, 11) is 3.21. The van der Waals surface area contributed by atoms with Gasteiger partial charge >= 0.3 is 0 Å². The van der Waals surface area contributed by atoms with E-state index in [1.807, 2.05) is 35.2 Å². The lowest BCUT2D eigenvalue weighted by Gasteiger charge is -2.15. The van der Waals surface area contributed by atoms with Gasteiger partial charge in [0, 0.05) is 25.1 Å². The van der Waals surface area contributed by atoms with Gasteiger partial charge in [-0.3, -0.25) is 14.8 Å². The van der Waals surface area contributed by atoms with E-state index in [1.165, 1.54) is 0 Å². The van der Waals surface area contributed by atoms with Gasteiger partial charge < -0.3 is 14.4 Å². The van der Waals surface area contributed by atoms with E-state index in [1.54, 1.807) is 19.7 Å². The van der Waals surface area contributed by atoms with Crippen LogP contribution in [0.3, 0.4) is 0 Å². The second kappa shape index (κ2) is 9.43. The van der Waals surface area contributed by atoms with Crippen LogP contribution in [0, 0.1) is 0 Å². The predicted molar refractivity (Wildman–Crippen MR) is 108 cm³/mol. The van der Waals surface area contributed by atoms with Gasteiger partial charge in [-0.25, -0.2) is 5.48 Å². The molecule has 0 unspecified atom stereocenters. The molecule has 0 aromatic heterocycles. The number of unbranched alkanes of at least 4 members (excludes halogenated alkanes) is 2. The van der Waals surface area contributed by atoms with Gasteiger partial charge in [0.2, 0.25) is 5.91 Å². The fourth-order valence-electron chi connectivity index (χ4n) is 3.58. The number of hydrogen-bond donors (Lipinski definition) is 2. The molecule has 7 nitrogen and oxygen atoms in total. The molecule has 3 rings (SSSR count). The van der Waals surface area contributed by atoms with Crippen LogP contribution in [0.25, 0.3) is 11.1 Å². The highest BCUT2D eigenvalue weighted by Crippen LogP contribution is 2.34. The van der Waals surface area contributed by atoms with E-state index < -0.39 is 0 Å². The van der Waals surface area contributed by atoms with E-state index in [2.05, 4.69) is 6.07 Å². The lowest BCUT2D eigenvalue weighted by Crippen LogP contribution is -2.25. The molecule has 2 aromatic carbocycles. The van der Waals surface area contributed by atoms with E-state index in [4.69, 9.17) is 14.7 Å². The molecular weight excluding hydrogens is 372 g/mol. The van der Waals surface area contributed by atoms with Crippen molar-refractivity contribution in [2.45, 2.75) is 32.2 Å². The van der Waals surface area contributed by atoms with E-state index in [-0.39, 0.29) is 11.8 Å². The topological polar surface area (TPSA) is 88.1 Å². The third-order valence-corrected chi connectivity index (χ3v) is 5.16. The second-order valence-electron chi connectivity index (χ2n) is 7.01. The van der Waals surface area contributed by atoms with E-state index in [0.29, 0.717) is 37.4 Å². The zero-order valence-electron chi connectivity index (χ0n) is 16.7. The van der Waals surface area contributed by atoms with Crippen molar-refractivity contribution in [3.05, 3.63) is 47.5 Å². The summed E-state index contributed by atoms with van der Waals surface area (Å²) in [4.78, 5) is 25.5. The molecule has 0 saturated heterocycles. The molecule has 2 N–H and O–H groups in total. The number of rotatable bonds is 9. The Labute approximate surface area is 170 Å². The molecule has 0 spiro atoms. The molecule has 29 heavy (non-hydrogen) atoms. The Kier molecular flexibility index (Phi) is 6.72. The van der Waals surface area contributed by atoms with Crippen molar-refractivity contribution in [2.75, 3.05) is 20.8 Å². The molecule has 0 fully saturated rings. The molecule has 2 amide bonds. The SMILES string of the molecule is COc1ccc(-c2ccc3c(c2)CN(CCCCCC(=O)NO)C3=O)cc1OC. The summed E-state index contributed by atoms with van der Waals surface area (Å²) < 4.78 is 10.7. The quantitative estimate of drug-likeness (QED) is 0.384. The Morgan fingerprint density at radius 2 is 1.76 bits per heavy atom. The fourth-order valence-corrected chi connectivity index (χ4v) is 3.58. The molecule has 1 aliphatic heterocycles. The van der Waals surface area contributed by atoms with Gasteiger partial charge in [0.25, 0.3) is 5.91 Å². The highest BCUT2D eigenvalue weighted by molar-refractivity contribution is 5.99. The van der Waals surface area contributed by atoms with Crippen molar-refractivity contribution in [3.8, 4) is 22.6 Å². The number of methoxy groups -OCH3 is 2. The summed E-state index contributed by atoms with van der Waals surface area (Å²) in [6.45, 7) is 1.24. The van der Waals surface area contributed by atoms with Gasteiger partial charge in [-0.05, 0) is 53.8 Å². The number of fused-ring (bicyclic) bond motifs is 1. The summed E-state index contributed by atoms with van der Waals surface area (Å²) in [6, 6.07) is 11.7. The average molecular weight is 398 g/mol. The minimum Gasteiger partial charge on any atom is -0.493 e. The largest absolute Gasteiger partial charge is 0.493 e. The number of hydrogen-bond acceptors (Lipinski definition) is 5. The van der Waals surface area contributed by atoms with Crippen LogP contribution in [0.15, 0.2) is 36.4 Å². The van der Waals surface area contributed by atoms with Gasteiger partial charge in [0.05, 0.1) is 14.2 Å². The Morgan fingerprint density at radius 3 is 2.48 bits per heavy atom. The van der Waals surface area contributed by atoms with Crippen LogP contribution in [0.5, 0.6) is 11.5 Å². The summed E-state index contributed by atoms with van der Waals surface area (Å²) in [5, 5.41) is 8.49. The van der Waals surface area contributed by atoms with Crippen molar-refractivity contribution in [3.63, 3.8) is 0 Å². The standard InChI is InChI=1S/C22H26N2O5/c1-28-19-10-8-16(13-20(19)29-2)15-7-9-18-17(12-15)14-24(22(18)26)11-5-3-4-6-21(25)23-27/h7-10,12-13,27H,3-6,11,14H2,1-2H3,(H,23,25). The maximum Gasteiger partial charge on any atom is 0.254 e. The highest BCUT2D eigenvalue weighted by atomic mass is 16.5. The minimum atomic E-state index is -0.377. The minimum absolute atomic E-state index is 0.0481. The zero-order chi connectivity index (χ0) is 20.8. The van der Waals surface area contributed by atoms with Gasteiger partial charge in [-0.2, -0.15) is 0 Å². The normalized spacial score (nSPS) is 12.7. The molecule has 0 saturated carbocycles. The zero-order valence-corrected chi connectivity index (χ0v) is 16.7. The molecule has 1 aliphatic rings. The first-order valence-electron chi connectivity index (χ1n) is 9.65. The Hall–Kier alpha value is -3.06. The number of ether oxygens (including phenoxy) is 2. The van der Waals surface area contributed by atoms with Crippen LogP contribution in [-0.4, -0.2) is 42.7 Å². The van der Waals surface area contributed by atoms with Crippen molar-refractivity contribution in [2.24, 2.45) is 0 Å². The third-order valence-electron chi connectivity index (χ3n) is 5.16. The van der Waals surface area contributed by atoms with Crippen LogP contribution in [0.1, 0.15) is 41.6 Å². The lowest BCUT2D eigenvalue weighted by molar-refractivity contribution is -0.129. The summed E-state index contributed by atoms with van der Waals surface area (Å²) in [6.07, 6.45) is 2.62. The van der Waals surface area contributed by atoms with Crippen molar-refractivity contribution in [1.82, 2.24) is 10.4 Å². The molecule has 0 aliphatic carbocycles. The maximum absolute atomic E-state index is 12.6. The van der Waals surface area contributed by atoms with Crippen LogP contribution in [-0.2, 0) is 11.3 Å². The number of hydroxylamine groups is 1. The highest BCUT2D eigenvalue weighted by Gasteiger charge is 2.27. The first-order chi connectivity index (χ1) is 14.1. The first-order valence-corrected chi connectivity index (χ1v) is 9.65. The van der Waals surface area contributed by atoms with Crippen molar-refractivity contribution in [1.29, 1.82) is 0 Å². The summed E-state index contributed by atoms with van der Waals surface area (Å²) in [5.74, 6) is 1.01. The van der Waals surface area contributed by atoms with Crippen LogP contribution in [0.4, 0.5) is 0 Å². The lowest BCUT2D eigenvalue weighted by atomic mass is 10.00. The van der Waals surface area contributed by atoms with E-state index in [9.17, 15) is 9.59 Å². The first kappa shape index (κ1) is 20.7. The molecule has 0 radical (unpaired) electrons. The molecule has 2 aromatic rings. The van der Waals surface area contributed by atoms with E-state index >= 15 is 0 Å². The summed E-state index contributed by atoms with van der Waals surface area (Å²) >= 11 is 0. The summed E-state index contributed by atoms with van der Waals surface area (Å²) in [5.41, 5.74) is 5.41. The van der Waals surface area contributed by atoms with Gasteiger partial charge in [0.15, 0.2) is 11.5 Å². The number of carbonyl (C=O) groups excluding carboxylic acids is 2. The second-order valence-corrected chi connectivity index (χ2v) is 7.01. The average Bonchev–Trinajstić information content (AvgIpc) is 3.07. The molecule has 0 atom stereocenters. The maximum atomic E-state index is 12.6. The number of benzene rings is 2. The predicted octanol–water partition coefficient (Wildman–Crippen LogP) is 3.39. The van der Waals surface area contributed by atoms with Crippen molar-refractivity contribution >= 4 is 11.8 Å². The Morgan fingerprint density at radius 1 is 1.03 bits per heavy atom. The Balaban J connectivity index is 1.64. The number of carbonyl (C=O) groups is 2. The molecule has 1 heterocycles. The van der Waals surface area contributed by atoms with Crippen LogP contribution >= 0.6 is 0 Å². The van der Waals surface area contributed by atoms with Crippen molar-refractivity contribution < 1.29 is 24.3 Å². The van der Waals surface area contributed by atoms with Gasteiger partial charge in [-0.15, -0.1) is 0 Å². The smallest absolute Gasteiger partial charge is 0.254 e. The fraction of sp³-hybridized carbons (Fsp3) is 0.364. The number of amides is 2. The Bertz CT molecular complexity index is 897. The number of nitrogens with zero attached hydrogens (tertiary/aromatic N) is 1. The monoisotopic (exact) mass is 398 g/mol. The van der Waals surface area contributed by atoms with Crippen LogP contribution in [0.2, 0.25) is 0 Å². The number of nitrogens with one attached hydrogen (secondary N) is 1. The molecule has 0 bridgehead atoms. The van der Waals surface area contributed by atoms with Gasteiger partial charge in [0.1, 0.15) is 0 Å². The van der Waals surface area contributed by atoms with E-state index in [0.717, 1.165) is 35.1 Å².